The Morgan fingerprint density at radius 2 is 1.58 bits per heavy atom. The molecule has 0 aliphatic carbocycles. The molecule has 0 bridgehead atoms. The van der Waals surface area contributed by atoms with E-state index in [1.165, 1.54) is 0 Å². The van der Waals surface area contributed by atoms with E-state index in [2.05, 4.69) is 5.32 Å². The van der Waals surface area contributed by atoms with Gasteiger partial charge in [0.1, 0.15) is 0 Å². The van der Waals surface area contributed by atoms with Crippen LogP contribution >= 0.6 is 0 Å². The van der Waals surface area contributed by atoms with Gasteiger partial charge in [-0.3, -0.25) is 4.79 Å². The van der Waals surface area contributed by atoms with E-state index in [0.717, 1.165) is 11.1 Å². The molecule has 2 aromatic carbocycles. The minimum Gasteiger partial charge on any atom is -0.391 e. The van der Waals surface area contributed by atoms with Crippen molar-refractivity contribution in [3.05, 3.63) is 71.8 Å². The van der Waals surface area contributed by atoms with Crippen molar-refractivity contribution < 1.29 is 9.90 Å². The fourth-order valence-corrected chi connectivity index (χ4v) is 2.63. The van der Waals surface area contributed by atoms with Crippen molar-refractivity contribution in [2.75, 3.05) is 0 Å². The molecule has 0 aliphatic rings. The van der Waals surface area contributed by atoms with Crippen molar-refractivity contribution in [3.8, 4) is 0 Å². The summed E-state index contributed by atoms with van der Waals surface area (Å²) >= 11 is 0. The number of hydrogen-bond donors (Lipinski definition) is 3. The number of nitrogens with one attached hydrogen (secondary N) is 1. The van der Waals surface area contributed by atoms with E-state index in [1.807, 2.05) is 67.6 Å². The Morgan fingerprint density at radius 3 is 2.17 bits per heavy atom. The maximum Gasteiger partial charge on any atom is 0.223 e. The number of nitrogens with two attached hydrogens (primary N) is 1. The molecule has 1 amide bonds. The van der Waals surface area contributed by atoms with E-state index in [1.54, 1.807) is 0 Å². The summed E-state index contributed by atoms with van der Waals surface area (Å²) in [4.78, 5) is 12.2. The zero-order chi connectivity index (χ0) is 17.4. The molecule has 2 rings (SSSR count). The zero-order valence-corrected chi connectivity index (χ0v) is 14.1. The number of aliphatic hydroxyl groups is 1. The van der Waals surface area contributed by atoms with E-state index in [4.69, 9.17) is 5.73 Å². The molecule has 4 nitrogen and oxygen atoms in total. The second kappa shape index (κ2) is 9.21. The average Bonchev–Trinajstić information content (AvgIpc) is 2.61. The summed E-state index contributed by atoms with van der Waals surface area (Å²) in [5.41, 5.74) is 8.22. The molecule has 4 heteroatoms. The maximum absolute atomic E-state index is 12.2. The molecule has 0 aliphatic heterocycles. The van der Waals surface area contributed by atoms with Gasteiger partial charge in [0.25, 0.3) is 0 Å². The summed E-state index contributed by atoms with van der Waals surface area (Å²) in [5, 5.41) is 13.2. The lowest BCUT2D eigenvalue weighted by Gasteiger charge is -2.22. The third-order valence-electron chi connectivity index (χ3n) is 4.16. The summed E-state index contributed by atoms with van der Waals surface area (Å²) in [5.74, 6) is -0.352. The van der Waals surface area contributed by atoms with Crippen molar-refractivity contribution in [2.24, 2.45) is 11.7 Å². The van der Waals surface area contributed by atoms with Crippen LogP contribution in [0.4, 0.5) is 0 Å². The molecule has 128 valence electrons. The molecule has 0 radical (unpaired) electrons. The third-order valence-corrected chi connectivity index (χ3v) is 4.16. The summed E-state index contributed by atoms with van der Waals surface area (Å²) in [7, 11) is 0. The van der Waals surface area contributed by atoms with Crippen LogP contribution in [-0.4, -0.2) is 23.2 Å². The Balaban J connectivity index is 1.77. The van der Waals surface area contributed by atoms with E-state index < -0.39 is 6.10 Å². The number of carbonyl (C=O) groups is 1. The molecule has 24 heavy (non-hydrogen) atoms. The number of rotatable bonds is 8. The summed E-state index contributed by atoms with van der Waals surface area (Å²) in [6, 6.07) is 19.2. The molecule has 2 aromatic rings. The van der Waals surface area contributed by atoms with Gasteiger partial charge in [-0.15, -0.1) is 0 Å². The van der Waals surface area contributed by atoms with E-state index in [0.29, 0.717) is 19.4 Å². The van der Waals surface area contributed by atoms with Gasteiger partial charge in [0.2, 0.25) is 5.91 Å². The van der Waals surface area contributed by atoms with Crippen molar-refractivity contribution in [1.29, 1.82) is 0 Å². The highest BCUT2D eigenvalue weighted by Gasteiger charge is 2.22. The van der Waals surface area contributed by atoms with E-state index in [-0.39, 0.29) is 17.9 Å². The average molecular weight is 326 g/mol. The van der Waals surface area contributed by atoms with Gasteiger partial charge in [-0.05, 0) is 24.0 Å². The van der Waals surface area contributed by atoms with Gasteiger partial charge in [-0.1, -0.05) is 67.6 Å². The predicted molar refractivity (Wildman–Crippen MR) is 96.2 cm³/mol. The molecular formula is C20H26N2O2. The molecule has 0 fully saturated rings. The fourth-order valence-electron chi connectivity index (χ4n) is 2.63. The van der Waals surface area contributed by atoms with Crippen LogP contribution in [0.25, 0.3) is 0 Å². The lowest BCUT2D eigenvalue weighted by molar-refractivity contribution is -0.125. The van der Waals surface area contributed by atoms with E-state index in [9.17, 15) is 9.90 Å². The van der Waals surface area contributed by atoms with Crippen LogP contribution in [0, 0.1) is 5.92 Å². The Morgan fingerprint density at radius 1 is 1.04 bits per heavy atom. The Kier molecular flexibility index (Phi) is 6.97. The van der Waals surface area contributed by atoms with Crippen molar-refractivity contribution in [1.82, 2.24) is 5.32 Å². The van der Waals surface area contributed by atoms with Crippen molar-refractivity contribution in [3.63, 3.8) is 0 Å². The second-order valence-corrected chi connectivity index (χ2v) is 6.26. The van der Waals surface area contributed by atoms with Gasteiger partial charge in [0.05, 0.1) is 6.10 Å². The Labute approximate surface area is 143 Å². The van der Waals surface area contributed by atoms with Gasteiger partial charge < -0.3 is 16.2 Å². The Bertz CT molecular complexity index is 616. The lowest BCUT2D eigenvalue weighted by atomic mass is 9.94. The largest absolute Gasteiger partial charge is 0.391 e. The third kappa shape index (κ3) is 5.80. The van der Waals surface area contributed by atoms with E-state index >= 15 is 0 Å². The maximum atomic E-state index is 12.2. The van der Waals surface area contributed by atoms with Crippen LogP contribution in [0.3, 0.4) is 0 Å². The van der Waals surface area contributed by atoms with Crippen LogP contribution in [-0.2, 0) is 17.8 Å². The Hall–Kier alpha value is -2.17. The molecule has 0 aromatic heterocycles. The van der Waals surface area contributed by atoms with Gasteiger partial charge in [0.15, 0.2) is 0 Å². The standard InChI is InChI=1S/C20H26N2O2/c1-15(20(24)22-14-17-10-6-3-7-11-17)12-19(23)18(21)13-16-8-4-2-5-9-16/h2-11,15,18-19,23H,12-14,21H2,1H3,(H,22,24)/t15-,18+,19+/m1/s1. The predicted octanol–water partition coefficient (Wildman–Crippen LogP) is 2.26. The first-order valence-electron chi connectivity index (χ1n) is 8.35. The fraction of sp³-hybridized carbons (Fsp3) is 0.350. The van der Waals surface area contributed by atoms with Gasteiger partial charge in [-0.25, -0.2) is 0 Å². The molecule has 0 saturated carbocycles. The lowest BCUT2D eigenvalue weighted by Crippen LogP contribution is -2.40. The number of carbonyl (C=O) groups excluding carboxylic acids is 1. The monoisotopic (exact) mass is 326 g/mol. The summed E-state index contributed by atoms with van der Waals surface area (Å²) in [6.07, 6.45) is 0.248. The highest BCUT2D eigenvalue weighted by atomic mass is 16.3. The minimum absolute atomic E-state index is 0.0650. The van der Waals surface area contributed by atoms with Crippen LogP contribution in [0.2, 0.25) is 0 Å². The van der Waals surface area contributed by atoms with Crippen LogP contribution < -0.4 is 11.1 Å². The number of amides is 1. The molecule has 0 saturated heterocycles. The van der Waals surface area contributed by atoms with Crippen LogP contribution in [0.1, 0.15) is 24.5 Å². The van der Waals surface area contributed by atoms with Gasteiger partial charge >= 0.3 is 0 Å². The topological polar surface area (TPSA) is 75.3 Å². The minimum atomic E-state index is -0.706. The first-order valence-corrected chi connectivity index (χ1v) is 8.35. The first kappa shape index (κ1) is 18.2. The zero-order valence-electron chi connectivity index (χ0n) is 14.1. The molecule has 0 heterocycles. The normalized spacial score (nSPS) is 14.6. The van der Waals surface area contributed by atoms with Crippen LogP contribution in [0.5, 0.6) is 0 Å². The van der Waals surface area contributed by atoms with Crippen LogP contribution in [0.15, 0.2) is 60.7 Å². The molecule has 0 unspecified atom stereocenters. The second-order valence-electron chi connectivity index (χ2n) is 6.26. The highest BCUT2D eigenvalue weighted by molar-refractivity contribution is 5.78. The number of aliphatic hydroxyl groups excluding tert-OH is 1. The molecular weight excluding hydrogens is 300 g/mol. The summed E-state index contributed by atoms with van der Waals surface area (Å²) in [6.45, 7) is 2.31. The summed E-state index contributed by atoms with van der Waals surface area (Å²) < 4.78 is 0. The smallest absolute Gasteiger partial charge is 0.223 e. The molecule has 3 atom stereocenters. The SMILES string of the molecule is C[C@H](C[C@H](O)[C@@H](N)Cc1ccccc1)C(=O)NCc1ccccc1. The van der Waals surface area contributed by atoms with Crippen molar-refractivity contribution >= 4 is 5.91 Å². The number of hydrogen-bond acceptors (Lipinski definition) is 3. The molecule has 4 N–H and O–H groups in total. The quantitative estimate of drug-likeness (QED) is 0.696. The van der Waals surface area contributed by atoms with Gasteiger partial charge in [0, 0.05) is 18.5 Å². The highest BCUT2D eigenvalue weighted by Crippen LogP contribution is 2.12. The number of benzene rings is 2. The van der Waals surface area contributed by atoms with Gasteiger partial charge in [-0.2, -0.15) is 0 Å². The van der Waals surface area contributed by atoms with Crippen molar-refractivity contribution in [2.45, 2.75) is 38.5 Å². The first-order chi connectivity index (χ1) is 11.6. The molecule has 0 spiro atoms.